The third kappa shape index (κ3) is 5.28. The molecule has 1 aromatic heterocycles. The zero-order valence-corrected chi connectivity index (χ0v) is 28.6. The molecule has 246 valence electrons. The smallest absolute Gasteiger partial charge is 0.136 e. The molecule has 0 N–H and O–H groups in total. The molecule has 2 nitrogen and oxygen atoms in total. The number of allylic oxidation sites excluding steroid dienone is 4. The van der Waals surface area contributed by atoms with Crippen LogP contribution in [0.15, 0.2) is 199 Å². The van der Waals surface area contributed by atoms with E-state index in [0.717, 1.165) is 56.5 Å². The summed E-state index contributed by atoms with van der Waals surface area (Å²) in [5, 5.41) is 7.13. The molecule has 9 aromatic rings. The number of furan rings is 1. The Morgan fingerprint density at radius 3 is 2.02 bits per heavy atom. The van der Waals surface area contributed by atoms with Crippen LogP contribution in [0.25, 0.3) is 65.7 Å². The van der Waals surface area contributed by atoms with Crippen molar-refractivity contribution in [3.63, 3.8) is 0 Å². The van der Waals surface area contributed by atoms with Crippen molar-refractivity contribution < 1.29 is 4.42 Å². The van der Waals surface area contributed by atoms with Crippen molar-refractivity contribution in [3.8, 4) is 22.3 Å². The standard InChI is InChI=1S/C50H35NO/c1-2-12-34(13-3-1)36-26-28-42(29-27-36)51(43-19-10-18-38(31-43)41-25-24-35-14-4-5-15-37(35)30-41)47-22-9-8-20-44(47)45-21-11-23-48-50(45)46-32-39-16-6-7-17-40(39)33-49(46)52-48/h1-12,14-34H,13H2. The fourth-order valence-electron chi connectivity index (χ4n) is 7.95. The number of hydrogen-bond donors (Lipinski definition) is 0. The molecule has 0 saturated heterocycles. The summed E-state index contributed by atoms with van der Waals surface area (Å²) in [6.07, 6.45) is 9.87. The first kappa shape index (κ1) is 30.2. The van der Waals surface area contributed by atoms with E-state index in [9.17, 15) is 0 Å². The molecule has 0 aliphatic heterocycles. The Labute approximate surface area is 303 Å². The molecule has 0 saturated carbocycles. The molecule has 2 heteroatoms. The number of nitrogens with zero attached hydrogens (tertiary/aromatic N) is 1. The van der Waals surface area contributed by atoms with Crippen LogP contribution in [0.3, 0.4) is 0 Å². The Morgan fingerprint density at radius 2 is 1.19 bits per heavy atom. The van der Waals surface area contributed by atoms with E-state index in [2.05, 4.69) is 199 Å². The average molecular weight is 666 g/mol. The van der Waals surface area contributed by atoms with Gasteiger partial charge in [0.05, 0.1) is 5.69 Å². The predicted octanol–water partition coefficient (Wildman–Crippen LogP) is 14.3. The molecule has 0 bridgehead atoms. The highest BCUT2D eigenvalue weighted by atomic mass is 16.3. The molecule has 1 aliphatic carbocycles. The van der Waals surface area contributed by atoms with E-state index in [-0.39, 0.29) is 0 Å². The summed E-state index contributed by atoms with van der Waals surface area (Å²) in [6, 6.07) is 61.6. The quantitative estimate of drug-likeness (QED) is 0.176. The van der Waals surface area contributed by atoms with E-state index in [4.69, 9.17) is 4.42 Å². The predicted molar refractivity (Wildman–Crippen MR) is 220 cm³/mol. The summed E-state index contributed by atoms with van der Waals surface area (Å²) in [5.74, 6) is 0.388. The average Bonchev–Trinajstić information content (AvgIpc) is 3.58. The Balaban J connectivity index is 1.17. The van der Waals surface area contributed by atoms with Crippen molar-refractivity contribution in [3.05, 3.63) is 200 Å². The summed E-state index contributed by atoms with van der Waals surface area (Å²) in [5.41, 5.74) is 11.1. The zero-order valence-electron chi connectivity index (χ0n) is 28.6. The third-order valence-corrected chi connectivity index (χ3v) is 10.5. The van der Waals surface area contributed by atoms with Crippen molar-refractivity contribution in [1.82, 2.24) is 0 Å². The van der Waals surface area contributed by atoms with Gasteiger partial charge in [0.25, 0.3) is 0 Å². The lowest BCUT2D eigenvalue weighted by Crippen LogP contribution is -2.11. The van der Waals surface area contributed by atoms with Gasteiger partial charge >= 0.3 is 0 Å². The Hall–Kier alpha value is -6.64. The lowest BCUT2D eigenvalue weighted by molar-refractivity contribution is 0.669. The Morgan fingerprint density at radius 1 is 0.481 bits per heavy atom. The van der Waals surface area contributed by atoms with Crippen molar-refractivity contribution >= 4 is 60.5 Å². The van der Waals surface area contributed by atoms with Crippen LogP contribution in [0, 0.1) is 0 Å². The van der Waals surface area contributed by atoms with E-state index in [1.165, 1.54) is 38.2 Å². The maximum Gasteiger partial charge on any atom is 0.136 e. The zero-order chi connectivity index (χ0) is 34.4. The molecule has 10 rings (SSSR count). The minimum absolute atomic E-state index is 0.388. The molecule has 0 fully saturated rings. The van der Waals surface area contributed by atoms with Crippen LogP contribution >= 0.6 is 0 Å². The highest BCUT2D eigenvalue weighted by molar-refractivity contribution is 6.16. The molecule has 1 unspecified atom stereocenters. The van der Waals surface area contributed by atoms with Gasteiger partial charge in [-0.3, -0.25) is 0 Å². The Kier molecular flexibility index (Phi) is 7.32. The number of hydrogen-bond acceptors (Lipinski definition) is 2. The number of benzene rings is 8. The molecule has 52 heavy (non-hydrogen) atoms. The van der Waals surface area contributed by atoms with Crippen LogP contribution in [0.1, 0.15) is 17.9 Å². The molecular formula is C50H35NO. The summed E-state index contributed by atoms with van der Waals surface area (Å²) < 4.78 is 6.53. The van der Waals surface area contributed by atoms with Crippen molar-refractivity contribution in [2.45, 2.75) is 12.3 Å². The summed E-state index contributed by atoms with van der Waals surface area (Å²) in [6.45, 7) is 0. The van der Waals surface area contributed by atoms with E-state index >= 15 is 0 Å². The van der Waals surface area contributed by atoms with Gasteiger partial charge in [-0.05, 0) is 105 Å². The highest BCUT2D eigenvalue weighted by Crippen LogP contribution is 2.46. The molecule has 1 aliphatic rings. The normalized spacial score (nSPS) is 14.1. The molecule has 1 atom stereocenters. The second-order valence-corrected chi connectivity index (χ2v) is 13.7. The SMILES string of the molecule is C1=CCC(c2ccc(N(c3cccc(-c4ccc5ccccc5c4)c3)c3ccccc3-c3cccc4oc5cc6ccccc6cc5c34)cc2)C=C1. The van der Waals surface area contributed by atoms with Gasteiger partial charge in [-0.2, -0.15) is 0 Å². The van der Waals surface area contributed by atoms with Crippen molar-refractivity contribution in [2.75, 3.05) is 4.90 Å². The maximum atomic E-state index is 6.53. The van der Waals surface area contributed by atoms with Gasteiger partial charge in [-0.1, -0.05) is 140 Å². The summed E-state index contributed by atoms with van der Waals surface area (Å²) in [7, 11) is 0. The van der Waals surface area contributed by atoms with Crippen molar-refractivity contribution in [1.29, 1.82) is 0 Å². The van der Waals surface area contributed by atoms with Crippen LogP contribution in [0.4, 0.5) is 17.1 Å². The minimum atomic E-state index is 0.388. The Bertz CT molecular complexity index is 2840. The molecule has 8 aromatic carbocycles. The molecular weight excluding hydrogens is 631 g/mol. The summed E-state index contributed by atoms with van der Waals surface area (Å²) in [4.78, 5) is 2.41. The van der Waals surface area contributed by atoms with E-state index in [1.54, 1.807) is 0 Å². The second-order valence-electron chi connectivity index (χ2n) is 13.7. The van der Waals surface area contributed by atoms with Gasteiger partial charge in [0, 0.05) is 33.6 Å². The monoisotopic (exact) mass is 665 g/mol. The van der Waals surface area contributed by atoms with Crippen LogP contribution in [-0.2, 0) is 0 Å². The van der Waals surface area contributed by atoms with Crippen LogP contribution < -0.4 is 4.90 Å². The number of para-hydroxylation sites is 1. The summed E-state index contributed by atoms with van der Waals surface area (Å²) >= 11 is 0. The fraction of sp³-hybridized carbons (Fsp3) is 0.0400. The molecule has 0 radical (unpaired) electrons. The third-order valence-electron chi connectivity index (χ3n) is 10.5. The van der Waals surface area contributed by atoms with Gasteiger partial charge in [-0.15, -0.1) is 0 Å². The van der Waals surface area contributed by atoms with Crippen molar-refractivity contribution in [2.24, 2.45) is 0 Å². The fourth-order valence-corrected chi connectivity index (χ4v) is 7.95. The van der Waals surface area contributed by atoms with Gasteiger partial charge in [-0.25, -0.2) is 0 Å². The number of fused-ring (bicyclic) bond motifs is 5. The van der Waals surface area contributed by atoms with Gasteiger partial charge in [0.2, 0.25) is 0 Å². The maximum absolute atomic E-state index is 6.53. The molecule has 0 spiro atoms. The second kappa shape index (κ2) is 12.6. The van der Waals surface area contributed by atoms with Crippen LogP contribution in [-0.4, -0.2) is 0 Å². The topological polar surface area (TPSA) is 16.4 Å². The van der Waals surface area contributed by atoms with Gasteiger partial charge < -0.3 is 9.32 Å². The van der Waals surface area contributed by atoms with E-state index in [0.29, 0.717) is 5.92 Å². The first-order valence-corrected chi connectivity index (χ1v) is 18.0. The first-order chi connectivity index (χ1) is 25.8. The van der Waals surface area contributed by atoms with E-state index in [1.807, 2.05) is 0 Å². The van der Waals surface area contributed by atoms with Gasteiger partial charge in [0.1, 0.15) is 11.2 Å². The van der Waals surface area contributed by atoms with E-state index < -0.39 is 0 Å². The first-order valence-electron chi connectivity index (χ1n) is 18.0. The minimum Gasteiger partial charge on any atom is -0.456 e. The number of rotatable bonds is 6. The highest BCUT2D eigenvalue weighted by Gasteiger charge is 2.21. The number of anilines is 3. The lowest BCUT2D eigenvalue weighted by Gasteiger charge is -2.29. The largest absolute Gasteiger partial charge is 0.456 e. The molecule has 1 heterocycles. The van der Waals surface area contributed by atoms with Crippen LogP contribution in [0.5, 0.6) is 0 Å². The molecule has 0 amide bonds. The van der Waals surface area contributed by atoms with Gasteiger partial charge in [0.15, 0.2) is 0 Å². The lowest BCUT2D eigenvalue weighted by atomic mass is 9.92. The van der Waals surface area contributed by atoms with Crippen LogP contribution in [0.2, 0.25) is 0 Å².